The molecule has 0 spiro atoms. The van der Waals surface area contributed by atoms with Crippen molar-refractivity contribution in [1.82, 2.24) is 0 Å². The summed E-state index contributed by atoms with van der Waals surface area (Å²) in [6.45, 7) is 29.5. The van der Waals surface area contributed by atoms with E-state index >= 15 is 0 Å². The Morgan fingerprint density at radius 2 is 0.765 bits per heavy atom. The van der Waals surface area contributed by atoms with Gasteiger partial charge in [-0.25, -0.2) is 0 Å². The third-order valence-corrected chi connectivity index (χ3v) is 101. The van der Waals surface area contributed by atoms with Gasteiger partial charge in [0, 0.05) is 0 Å². The van der Waals surface area contributed by atoms with Crippen molar-refractivity contribution in [2.45, 2.75) is 96.8 Å². The second-order valence-electron chi connectivity index (χ2n) is 13.9. The second-order valence-corrected chi connectivity index (χ2v) is 65.7. The average Bonchev–Trinajstić information content (AvgIpc) is 2.71. The van der Waals surface area contributed by atoms with Crippen LogP contribution in [0.4, 0.5) is 0 Å². The molecule has 0 N–H and O–H groups in total. The quantitative estimate of drug-likeness (QED) is 0.294. The maximum atomic E-state index is 7.95. The third-order valence-electron chi connectivity index (χ3n) is 7.12. The van der Waals surface area contributed by atoms with Crippen molar-refractivity contribution in [3.05, 3.63) is 60.7 Å². The molecule has 6 heteroatoms. The molecule has 188 valence electrons. The van der Waals surface area contributed by atoms with Crippen LogP contribution in [0.5, 0.6) is 0 Å². The van der Waals surface area contributed by atoms with E-state index in [1.165, 1.54) is 10.4 Å². The van der Waals surface area contributed by atoms with Gasteiger partial charge < -0.3 is 0 Å². The fourth-order valence-electron chi connectivity index (χ4n) is 5.86. The predicted molar refractivity (Wildman–Crippen MR) is 158 cm³/mol. The molecule has 0 bridgehead atoms. The fourth-order valence-corrected chi connectivity index (χ4v) is 178. The summed E-state index contributed by atoms with van der Waals surface area (Å²) in [4.78, 5) is 0. The molecule has 0 amide bonds. The van der Waals surface area contributed by atoms with Crippen LogP contribution in [0.25, 0.3) is 0 Å². The van der Waals surface area contributed by atoms with Crippen LogP contribution in [-0.4, -0.2) is 43.4 Å². The molecule has 2 nitrogen and oxygen atoms in total. The monoisotopic (exact) mass is 714 g/mol. The molecule has 1 saturated heterocycles. The topological polar surface area (TPSA) is 18.5 Å². The first-order valence-corrected chi connectivity index (χ1v) is 30.2. The average molecular weight is 712 g/mol. The number of hydrogen-bond donors (Lipinski definition) is 0. The Morgan fingerprint density at radius 3 is 1.00 bits per heavy atom. The Morgan fingerprint density at radius 1 is 0.500 bits per heavy atom. The van der Waals surface area contributed by atoms with E-state index in [2.05, 4.69) is 150 Å². The summed E-state index contributed by atoms with van der Waals surface area (Å²) in [5, 5.41) is 2.54. The molecule has 1 heterocycles. The Balaban J connectivity index is 2.54. The maximum absolute atomic E-state index is 7.95. The van der Waals surface area contributed by atoms with Crippen molar-refractivity contribution in [2.75, 3.05) is 0 Å². The van der Waals surface area contributed by atoms with Crippen LogP contribution in [0.3, 0.4) is 0 Å². The Bertz CT molecular complexity index is 874. The van der Waals surface area contributed by atoms with Gasteiger partial charge >= 0.3 is 223 Å². The predicted octanol–water partition coefficient (Wildman–Crippen LogP) is 8.11. The Hall–Kier alpha value is 0.524. The number of benzene rings is 2. The summed E-state index contributed by atoms with van der Waals surface area (Å²) >= 11 is -7.13. The van der Waals surface area contributed by atoms with Crippen molar-refractivity contribution in [3.8, 4) is 0 Å². The molecule has 2 aromatic rings. The van der Waals surface area contributed by atoms with Gasteiger partial charge in [0.1, 0.15) is 0 Å². The van der Waals surface area contributed by atoms with Gasteiger partial charge in [-0.1, -0.05) is 0 Å². The zero-order valence-corrected chi connectivity index (χ0v) is 31.0. The van der Waals surface area contributed by atoms with Crippen LogP contribution in [0.1, 0.15) is 83.1 Å². The van der Waals surface area contributed by atoms with E-state index in [4.69, 9.17) is 5.53 Å². The molecule has 0 atom stereocenters. The van der Waals surface area contributed by atoms with Crippen molar-refractivity contribution < 1.29 is 5.53 Å². The minimum atomic E-state index is -3.56. The molecule has 34 heavy (non-hydrogen) atoms. The van der Waals surface area contributed by atoms with Gasteiger partial charge in [0.25, 0.3) is 0 Å². The van der Waals surface area contributed by atoms with Crippen molar-refractivity contribution >= 4 is 59.9 Å². The van der Waals surface area contributed by atoms with Crippen molar-refractivity contribution in [1.29, 1.82) is 0 Å². The van der Waals surface area contributed by atoms with Crippen LogP contribution in [-0.2, 0) is 5.53 Å². The first-order valence-electron chi connectivity index (χ1n) is 12.5. The van der Waals surface area contributed by atoms with Crippen LogP contribution in [0, 0.1) is 0 Å². The SMILES string of the molecule is C[C](C)(C)[Sn]1([C](C)(C)C)[O][Si](c2ccccc2)(c2ccccc2)[O][Sn]([C](C)(C)C)([C](C)(C)C)[S]1. The van der Waals surface area contributed by atoms with Gasteiger partial charge in [-0.15, -0.1) is 0 Å². The van der Waals surface area contributed by atoms with Gasteiger partial charge in [0.2, 0.25) is 0 Å². The van der Waals surface area contributed by atoms with E-state index in [9.17, 15) is 0 Å². The molecule has 1 aliphatic heterocycles. The van der Waals surface area contributed by atoms with Crippen molar-refractivity contribution in [2.24, 2.45) is 0 Å². The van der Waals surface area contributed by atoms with Crippen LogP contribution in [0.2, 0.25) is 13.7 Å². The Kier molecular flexibility index (Phi) is 8.01. The molecular formula is C28H46O2SSiSn2. The molecule has 1 aliphatic rings. The Labute approximate surface area is 221 Å². The molecule has 1 fully saturated rings. The second kappa shape index (κ2) is 9.37. The molecule has 0 aliphatic carbocycles. The van der Waals surface area contributed by atoms with E-state index in [0.29, 0.717) is 0 Å². The van der Waals surface area contributed by atoms with Crippen LogP contribution >= 0.6 is 6.13 Å². The van der Waals surface area contributed by atoms with Gasteiger partial charge in [0.15, 0.2) is 0 Å². The molecule has 2 aromatic carbocycles. The van der Waals surface area contributed by atoms with Crippen LogP contribution in [0.15, 0.2) is 60.7 Å². The fraction of sp³-hybridized carbons (Fsp3) is 0.571. The van der Waals surface area contributed by atoms with Crippen molar-refractivity contribution in [3.63, 3.8) is 0 Å². The molecule has 3 rings (SSSR count). The van der Waals surface area contributed by atoms with Gasteiger partial charge in [0.05, 0.1) is 0 Å². The van der Waals surface area contributed by atoms with E-state index in [1.54, 1.807) is 0 Å². The molecule has 0 radical (unpaired) electrons. The number of hydrogen-bond acceptors (Lipinski definition) is 3. The number of rotatable bonds is 2. The van der Waals surface area contributed by atoms with E-state index in [0.717, 1.165) is 0 Å². The minimum absolute atomic E-state index is 0.113. The molecule has 0 aromatic heterocycles. The molecule has 0 unspecified atom stereocenters. The van der Waals surface area contributed by atoms with E-state index in [-0.39, 0.29) is 13.7 Å². The molecular weight excluding hydrogens is 666 g/mol. The first kappa shape index (κ1) is 29.1. The summed E-state index contributed by atoms with van der Waals surface area (Å²) in [7, 11) is -2.98. The molecule has 0 saturated carbocycles. The van der Waals surface area contributed by atoms with Gasteiger partial charge in [-0.3, -0.25) is 0 Å². The first-order chi connectivity index (χ1) is 15.3. The van der Waals surface area contributed by atoms with E-state index in [1.807, 2.05) is 0 Å². The van der Waals surface area contributed by atoms with Gasteiger partial charge in [-0.2, -0.15) is 0 Å². The standard InChI is InChI=1S/C12H10O2Si.4C4H9.S.2Sn/c13-15(14,11-7-3-1-4-8-11)12-9-5-2-6-10-12;4*1-4(2)3;;;/h1-10H;4*1-3H3;;;/q-2;;;;;;2*+1. The summed E-state index contributed by atoms with van der Waals surface area (Å²) in [5.41, 5.74) is 0. The van der Waals surface area contributed by atoms with Crippen LogP contribution < -0.4 is 10.4 Å². The summed E-state index contributed by atoms with van der Waals surface area (Å²) in [6.07, 6.45) is 2.36. The summed E-state index contributed by atoms with van der Waals surface area (Å²) < 4.78 is 16.4. The summed E-state index contributed by atoms with van der Waals surface area (Å²) in [6, 6.07) is 22.0. The normalized spacial score (nSPS) is 20.7. The zero-order chi connectivity index (χ0) is 25.8. The van der Waals surface area contributed by atoms with E-state index < -0.39 is 43.4 Å². The zero-order valence-electron chi connectivity index (χ0n) is 23.5. The third kappa shape index (κ3) is 4.75. The van der Waals surface area contributed by atoms with Gasteiger partial charge in [-0.05, 0) is 0 Å². The summed E-state index contributed by atoms with van der Waals surface area (Å²) in [5.74, 6) is 0.